The van der Waals surface area contributed by atoms with E-state index in [1.807, 2.05) is 6.92 Å². The maximum Gasteiger partial charge on any atom is 0.160 e. The molecule has 78 valence electrons. The van der Waals surface area contributed by atoms with Gasteiger partial charge in [-0.2, -0.15) is 0 Å². The normalized spacial score (nSPS) is 12.6. The highest BCUT2D eigenvalue weighted by Gasteiger charge is 2.09. The fraction of sp³-hybridized carbons (Fsp3) is 0.400. The highest BCUT2D eigenvalue weighted by molar-refractivity contribution is 6.31. The average Bonchev–Trinajstić information content (AvgIpc) is 2.09. The molecular weight excluding hydrogens is 202 g/mol. The van der Waals surface area contributed by atoms with E-state index in [1.165, 1.54) is 13.2 Å². The van der Waals surface area contributed by atoms with Crippen LogP contribution in [0.2, 0.25) is 5.02 Å². The molecule has 0 aliphatic heterocycles. The molecule has 1 unspecified atom stereocenters. The molecule has 14 heavy (non-hydrogen) atoms. The molecule has 0 spiro atoms. The Morgan fingerprint density at radius 3 is 2.71 bits per heavy atom. The topological polar surface area (TPSA) is 55.5 Å². The third-order valence-corrected chi connectivity index (χ3v) is 2.24. The summed E-state index contributed by atoms with van der Waals surface area (Å²) in [4.78, 5) is 0. The first-order valence-corrected chi connectivity index (χ1v) is 4.73. The van der Waals surface area contributed by atoms with Crippen molar-refractivity contribution in [3.05, 3.63) is 22.7 Å². The van der Waals surface area contributed by atoms with Crippen molar-refractivity contribution in [2.75, 3.05) is 7.11 Å². The molecule has 1 atom stereocenters. The van der Waals surface area contributed by atoms with E-state index >= 15 is 0 Å². The van der Waals surface area contributed by atoms with Crippen LogP contribution in [0.15, 0.2) is 12.1 Å². The zero-order valence-corrected chi connectivity index (χ0v) is 9.01. The summed E-state index contributed by atoms with van der Waals surface area (Å²) in [7, 11) is 1.50. The summed E-state index contributed by atoms with van der Waals surface area (Å²) in [6.45, 7) is 1.90. The van der Waals surface area contributed by atoms with E-state index in [0.717, 1.165) is 5.56 Å². The van der Waals surface area contributed by atoms with Crippen molar-refractivity contribution in [2.24, 2.45) is 5.73 Å². The smallest absolute Gasteiger partial charge is 0.160 e. The molecule has 0 saturated heterocycles. The van der Waals surface area contributed by atoms with E-state index in [2.05, 4.69) is 0 Å². The van der Waals surface area contributed by atoms with Crippen LogP contribution in [0.25, 0.3) is 0 Å². The number of phenols is 1. The Labute approximate surface area is 88.4 Å². The molecule has 1 aromatic carbocycles. The van der Waals surface area contributed by atoms with Gasteiger partial charge in [0.05, 0.1) is 7.11 Å². The summed E-state index contributed by atoms with van der Waals surface area (Å²) in [6.07, 6.45) is 0.662. The minimum Gasteiger partial charge on any atom is -0.504 e. The SMILES string of the molecule is COc1cc(CC(C)N)c(Cl)cc1O. The lowest BCUT2D eigenvalue weighted by molar-refractivity contribution is 0.373. The van der Waals surface area contributed by atoms with Crippen LogP contribution in [0, 0.1) is 0 Å². The monoisotopic (exact) mass is 215 g/mol. The Balaban J connectivity index is 3.04. The van der Waals surface area contributed by atoms with Crippen molar-refractivity contribution in [2.45, 2.75) is 19.4 Å². The van der Waals surface area contributed by atoms with Crippen LogP contribution < -0.4 is 10.5 Å². The maximum absolute atomic E-state index is 9.41. The number of methoxy groups -OCH3 is 1. The predicted molar refractivity (Wildman–Crippen MR) is 57.0 cm³/mol. The molecule has 0 saturated carbocycles. The standard InChI is InChI=1S/C10H14ClNO2/c1-6(12)3-7-4-10(14-2)9(13)5-8(7)11/h4-6,13H,3,12H2,1-2H3. The minimum absolute atomic E-state index is 0.0294. The average molecular weight is 216 g/mol. The van der Waals surface area contributed by atoms with Crippen LogP contribution in [-0.4, -0.2) is 18.3 Å². The van der Waals surface area contributed by atoms with Crippen LogP contribution in [-0.2, 0) is 6.42 Å². The van der Waals surface area contributed by atoms with Gasteiger partial charge in [-0.3, -0.25) is 0 Å². The molecule has 0 fully saturated rings. The minimum atomic E-state index is 0.0294. The van der Waals surface area contributed by atoms with Crippen LogP contribution in [0.5, 0.6) is 11.5 Å². The van der Waals surface area contributed by atoms with Crippen LogP contribution >= 0.6 is 11.6 Å². The Morgan fingerprint density at radius 1 is 1.57 bits per heavy atom. The van der Waals surface area contributed by atoms with E-state index < -0.39 is 0 Å². The van der Waals surface area contributed by atoms with E-state index in [9.17, 15) is 5.11 Å². The molecule has 0 aliphatic carbocycles. The Hall–Kier alpha value is -0.930. The van der Waals surface area contributed by atoms with Gasteiger partial charge in [-0.1, -0.05) is 11.6 Å². The first-order valence-electron chi connectivity index (χ1n) is 4.35. The lowest BCUT2D eigenvalue weighted by atomic mass is 10.1. The van der Waals surface area contributed by atoms with Crippen molar-refractivity contribution in [1.82, 2.24) is 0 Å². The number of hydrogen-bond acceptors (Lipinski definition) is 3. The van der Waals surface area contributed by atoms with Gasteiger partial charge < -0.3 is 15.6 Å². The summed E-state index contributed by atoms with van der Waals surface area (Å²) in [5.41, 5.74) is 6.55. The number of benzene rings is 1. The molecule has 0 aliphatic rings. The van der Waals surface area contributed by atoms with E-state index in [1.54, 1.807) is 6.07 Å². The lowest BCUT2D eigenvalue weighted by Gasteiger charge is -2.10. The van der Waals surface area contributed by atoms with Gasteiger partial charge in [0.15, 0.2) is 11.5 Å². The summed E-state index contributed by atoms with van der Waals surface area (Å²) >= 11 is 5.93. The maximum atomic E-state index is 9.41. The second-order valence-electron chi connectivity index (χ2n) is 3.30. The molecule has 1 aromatic rings. The third kappa shape index (κ3) is 2.53. The fourth-order valence-electron chi connectivity index (χ4n) is 1.25. The Morgan fingerprint density at radius 2 is 2.21 bits per heavy atom. The van der Waals surface area contributed by atoms with Crippen molar-refractivity contribution in [1.29, 1.82) is 0 Å². The van der Waals surface area contributed by atoms with Gasteiger partial charge in [0.25, 0.3) is 0 Å². The largest absolute Gasteiger partial charge is 0.504 e. The number of phenolic OH excluding ortho intramolecular Hbond substituents is 1. The summed E-state index contributed by atoms with van der Waals surface area (Å²) < 4.78 is 4.97. The van der Waals surface area contributed by atoms with Crippen molar-refractivity contribution >= 4 is 11.6 Å². The summed E-state index contributed by atoms with van der Waals surface area (Å²) in [5.74, 6) is 0.468. The number of ether oxygens (including phenoxy) is 1. The molecule has 0 amide bonds. The molecule has 0 radical (unpaired) electrons. The zero-order valence-electron chi connectivity index (χ0n) is 8.25. The lowest BCUT2D eigenvalue weighted by Crippen LogP contribution is -2.17. The van der Waals surface area contributed by atoms with Gasteiger partial charge in [0.1, 0.15) is 0 Å². The summed E-state index contributed by atoms with van der Waals surface area (Å²) in [6, 6.07) is 3.21. The van der Waals surface area contributed by atoms with E-state index in [-0.39, 0.29) is 11.8 Å². The highest BCUT2D eigenvalue weighted by Crippen LogP contribution is 2.32. The molecule has 1 rings (SSSR count). The molecule has 0 aromatic heterocycles. The molecule has 3 N–H and O–H groups in total. The van der Waals surface area contributed by atoms with Crippen LogP contribution in [0.3, 0.4) is 0 Å². The van der Waals surface area contributed by atoms with Gasteiger partial charge in [0.2, 0.25) is 0 Å². The second-order valence-corrected chi connectivity index (χ2v) is 3.70. The van der Waals surface area contributed by atoms with Gasteiger partial charge in [-0.25, -0.2) is 0 Å². The van der Waals surface area contributed by atoms with E-state index in [4.69, 9.17) is 22.1 Å². The number of rotatable bonds is 3. The van der Waals surface area contributed by atoms with Crippen LogP contribution in [0.1, 0.15) is 12.5 Å². The Kier molecular flexibility index (Phi) is 3.61. The number of hydrogen-bond donors (Lipinski definition) is 2. The first-order chi connectivity index (χ1) is 6.54. The van der Waals surface area contributed by atoms with Crippen molar-refractivity contribution < 1.29 is 9.84 Å². The zero-order chi connectivity index (χ0) is 10.7. The van der Waals surface area contributed by atoms with Gasteiger partial charge in [-0.15, -0.1) is 0 Å². The van der Waals surface area contributed by atoms with Crippen molar-refractivity contribution in [3.63, 3.8) is 0 Å². The highest BCUT2D eigenvalue weighted by atomic mass is 35.5. The first kappa shape index (κ1) is 11.1. The molecule has 4 heteroatoms. The third-order valence-electron chi connectivity index (χ3n) is 1.89. The van der Waals surface area contributed by atoms with E-state index in [0.29, 0.717) is 17.2 Å². The molecule has 0 bridgehead atoms. The van der Waals surface area contributed by atoms with Gasteiger partial charge >= 0.3 is 0 Å². The fourth-order valence-corrected chi connectivity index (χ4v) is 1.49. The van der Waals surface area contributed by atoms with Gasteiger partial charge in [-0.05, 0) is 25.0 Å². The molecular formula is C10H14ClNO2. The second kappa shape index (κ2) is 4.53. The molecule has 3 nitrogen and oxygen atoms in total. The van der Waals surface area contributed by atoms with Gasteiger partial charge in [0, 0.05) is 17.1 Å². The van der Waals surface area contributed by atoms with Crippen molar-refractivity contribution in [3.8, 4) is 11.5 Å². The number of aromatic hydroxyl groups is 1. The summed E-state index contributed by atoms with van der Waals surface area (Å²) in [5, 5.41) is 9.92. The molecule has 0 heterocycles. The number of halogens is 1. The quantitative estimate of drug-likeness (QED) is 0.810. The Bertz CT molecular complexity index is 326. The number of nitrogens with two attached hydrogens (primary N) is 1. The van der Waals surface area contributed by atoms with Crippen LogP contribution in [0.4, 0.5) is 0 Å². The predicted octanol–water partition coefficient (Wildman–Crippen LogP) is 1.94.